The second-order valence-electron chi connectivity index (χ2n) is 6.42. The number of ether oxygens (including phenoxy) is 1. The van der Waals surface area contributed by atoms with Crippen molar-refractivity contribution >= 4 is 0 Å². The van der Waals surface area contributed by atoms with Crippen molar-refractivity contribution in [1.29, 1.82) is 0 Å². The van der Waals surface area contributed by atoms with E-state index >= 15 is 0 Å². The third-order valence-corrected chi connectivity index (χ3v) is 4.61. The van der Waals surface area contributed by atoms with Crippen LogP contribution in [-0.2, 0) is 6.42 Å². The number of likely N-dealkylation sites (tertiary alicyclic amines) is 1. The molecule has 1 fully saturated rings. The summed E-state index contributed by atoms with van der Waals surface area (Å²) in [5, 5.41) is 0. The first kappa shape index (κ1) is 16.9. The summed E-state index contributed by atoms with van der Waals surface area (Å²) in [5.41, 5.74) is 1.09. The highest BCUT2D eigenvalue weighted by Crippen LogP contribution is 2.22. The molecule has 0 unspecified atom stereocenters. The Labute approximate surface area is 142 Å². The van der Waals surface area contributed by atoms with Crippen LogP contribution in [0.25, 0.3) is 0 Å². The number of rotatable bonds is 6. The molecule has 0 saturated carbocycles. The van der Waals surface area contributed by atoms with Crippen molar-refractivity contribution in [3.05, 3.63) is 65.7 Å². The fraction of sp³-hybridized carbons (Fsp3) is 0.400. The zero-order chi connectivity index (χ0) is 16.8. The maximum atomic E-state index is 13.2. The maximum Gasteiger partial charge on any atom is 0.123 e. The van der Waals surface area contributed by atoms with Gasteiger partial charge in [-0.05, 0) is 80.2 Å². The van der Waals surface area contributed by atoms with E-state index in [1.807, 2.05) is 6.07 Å². The first-order valence-electron chi connectivity index (χ1n) is 8.54. The first-order valence-corrected chi connectivity index (χ1v) is 8.54. The normalized spacial score (nSPS) is 16.2. The van der Waals surface area contributed by atoms with Gasteiger partial charge in [0.15, 0.2) is 0 Å². The molecule has 2 nitrogen and oxygen atoms in total. The zero-order valence-electron chi connectivity index (χ0n) is 13.8. The number of piperidine rings is 1. The van der Waals surface area contributed by atoms with Gasteiger partial charge in [-0.15, -0.1) is 0 Å². The van der Waals surface area contributed by atoms with Crippen LogP contribution in [0.15, 0.2) is 48.5 Å². The monoisotopic (exact) mass is 331 g/mol. The molecule has 0 bridgehead atoms. The van der Waals surface area contributed by atoms with Crippen LogP contribution in [0, 0.1) is 17.6 Å². The van der Waals surface area contributed by atoms with Crippen LogP contribution < -0.4 is 4.74 Å². The van der Waals surface area contributed by atoms with Gasteiger partial charge in [0.2, 0.25) is 0 Å². The van der Waals surface area contributed by atoms with Gasteiger partial charge < -0.3 is 4.74 Å². The molecule has 0 N–H and O–H groups in total. The van der Waals surface area contributed by atoms with Gasteiger partial charge in [-0.3, -0.25) is 4.90 Å². The highest BCUT2D eigenvalue weighted by atomic mass is 19.1. The quantitative estimate of drug-likeness (QED) is 0.782. The third-order valence-electron chi connectivity index (χ3n) is 4.61. The van der Waals surface area contributed by atoms with Crippen molar-refractivity contribution in [3.63, 3.8) is 0 Å². The molecule has 0 aromatic heterocycles. The molecule has 0 atom stereocenters. The molecular weight excluding hydrogens is 308 g/mol. The van der Waals surface area contributed by atoms with E-state index in [1.165, 1.54) is 18.2 Å². The van der Waals surface area contributed by atoms with Gasteiger partial charge in [0, 0.05) is 6.54 Å². The summed E-state index contributed by atoms with van der Waals surface area (Å²) in [5.74, 6) is 0.934. The van der Waals surface area contributed by atoms with Gasteiger partial charge in [-0.25, -0.2) is 8.78 Å². The number of nitrogens with zero attached hydrogens (tertiary/aromatic N) is 1. The van der Waals surface area contributed by atoms with E-state index < -0.39 is 0 Å². The Bertz CT molecular complexity index is 636. The average Bonchev–Trinajstić information content (AvgIpc) is 2.58. The molecule has 0 amide bonds. The number of hydrogen-bond donors (Lipinski definition) is 0. The van der Waals surface area contributed by atoms with Crippen LogP contribution in [0.3, 0.4) is 0 Å². The lowest BCUT2D eigenvalue weighted by atomic mass is 9.90. The van der Waals surface area contributed by atoms with Crippen molar-refractivity contribution in [2.45, 2.75) is 19.3 Å². The van der Waals surface area contributed by atoms with E-state index in [-0.39, 0.29) is 11.6 Å². The van der Waals surface area contributed by atoms with Crippen LogP contribution in [0.2, 0.25) is 0 Å². The Balaban J connectivity index is 1.36. The molecule has 1 aliphatic rings. The minimum atomic E-state index is -0.247. The molecular formula is C20H23F2NO. The molecule has 24 heavy (non-hydrogen) atoms. The van der Waals surface area contributed by atoms with E-state index in [0.29, 0.717) is 18.3 Å². The molecule has 0 aliphatic carbocycles. The lowest BCUT2D eigenvalue weighted by molar-refractivity contribution is 0.155. The van der Waals surface area contributed by atoms with Gasteiger partial charge in [0.25, 0.3) is 0 Å². The van der Waals surface area contributed by atoms with Gasteiger partial charge in [0.1, 0.15) is 24.0 Å². The molecule has 3 rings (SSSR count). The molecule has 2 aromatic carbocycles. The highest BCUT2D eigenvalue weighted by molar-refractivity contribution is 5.22. The topological polar surface area (TPSA) is 12.5 Å². The van der Waals surface area contributed by atoms with Crippen molar-refractivity contribution in [3.8, 4) is 5.75 Å². The van der Waals surface area contributed by atoms with Gasteiger partial charge in [-0.1, -0.05) is 12.1 Å². The Hall–Kier alpha value is -1.94. The fourth-order valence-electron chi connectivity index (χ4n) is 3.23. The van der Waals surface area contributed by atoms with E-state index in [2.05, 4.69) is 4.90 Å². The summed E-state index contributed by atoms with van der Waals surface area (Å²) in [6.45, 7) is 3.59. The summed E-state index contributed by atoms with van der Waals surface area (Å²) in [4.78, 5) is 2.39. The third kappa shape index (κ3) is 5.03. The molecule has 4 heteroatoms. The summed E-state index contributed by atoms with van der Waals surface area (Å²) in [6, 6.07) is 13.1. The van der Waals surface area contributed by atoms with E-state index in [0.717, 1.165) is 44.5 Å². The molecule has 1 aliphatic heterocycles. The first-order chi connectivity index (χ1) is 11.7. The predicted molar refractivity (Wildman–Crippen MR) is 91.2 cm³/mol. The Morgan fingerprint density at radius 3 is 2.42 bits per heavy atom. The summed E-state index contributed by atoms with van der Waals surface area (Å²) >= 11 is 0. The van der Waals surface area contributed by atoms with Gasteiger partial charge >= 0.3 is 0 Å². The van der Waals surface area contributed by atoms with Crippen LogP contribution in [0.4, 0.5) is 8.78 Å². The number of hydrogen-bond acceptors (Lipinski definition) is 2. The van der Waals surface area contributed by atoms with E-state index in [9.17, 15) is 8.78 Å². The average molecular weight is 331 g/mol. The maximum absolute atomic E-state index is 13.2. The largest absolute Gasteiger partial charge is 0.492 e. The van der Waals surface area contributed by atoms with Crippen LogP contribution in [-0.4, -0.2) is 31.1 Å². The lowest BCUT2D eigenvalue weighted by Gasteiger charge is -2.31. The van der Waals surface area contributed by atoms with Crippen molar-refractivity contribution in [1.82, 2.24) is 4.90 Å². The van der Waals surface area contributed by atoms with Crippen LogP contribution in [0.5, 0.6) is 5.75 Å². The highest BCUT2D eigenvalue weighted by Gasteiger charge is 2.19. The van der Waals surface area contributed by atoms with Gasteiger partial charge in [-0.2, -0.15) is 0 Å². The summed E-state index contributed by atoms with van der Waals surface area (Å²) in [6.07, 6.45) is 3.22. The smallest absolute Gasteiger partial charge is 0.123 e. The SMILES string of the molecule is Fc1ccc(OCCN2CCC(Cc3cccc(F)c3)CC2)cc1. The van der Waals surface area contributed by atoms with Crippen LogP contribution >= 0.6 is 0 Å². The predicted octanol–water partition coefficient (Wildman–Crippen LogP) is 4.30. The molecule has 0 spiro atoms. The molecule has 2 aromatic rings. The van der Waals surface area contributed by atoms with Gasteiger partial charge in [0.05, 0.1) is 0 Å². The van der Waals surface area contributed by atoms with Crippen molar-refractivity contribution in [2.75, 3.05) is 26.2 Å². The second-order valence-corrected chi connectivity index (χ2v) is 6.42. The van der Waals surface area contributed by atoms with E-state index in [4.69, 9.17) is 4.74 Å². The van der Waals surface area contributed by atoms with Crippen molar-refractivity contribution in [2.24, 2.45) is 5.92 Å². The number of halogens is 2. The Kier molecular flexibility index (Phi) is 5.81. The van der Waals surface area contributed by atoms with Crippen LogP contribution in [0.1, 0.15) is 18.4 Å². The molecule has 128 valence electrons. The minimum Gasteiger partial charge on any atom is -0.492 e. The fourth-order valence-corrected chi connectivity index (χ4v) is 3.23. The Morgan fingerprint density at radius 2 is 1.71 bits per heavy atom. The van der Waals surface area contributed by atoms with Crippen molar-refractivity contribution < 1.29 is 13.5 Å². The summed E-state index contributed by atoms with van der Waals surface area (Å²) < 4.78 is 31.7. The summed E-state index contributed by atoms with van der Waals surface area (Å²) in [7, 11) is 0. The molecule has 1 saturated heterocycles. The number of benzene rings is 2. The minimum absolute atomic E-state index is 0.150. The lowest BCUT2D eigenvalue weighted by Crippen LogP contribution is -2.37. The molecule has 0 radical (unpaired) electrons. The standard InChI is InChI=1S/C20H23F2NO/c21-18-4-6-20(7-5-18)24-13-12-23-10-8-16(9-11-23)14-17-2-1-3-19(22)15-17/h1-7,15-16H,8-14H2. The molecule has 1 heterocycles. The Morgan fingerprint density at radius 1 is 0.958 bits per heavy atom. The zero-order valence-corrected chi connectivity index (χ0v) is 13.8. The second kappa shape index (κ2) is 8.25. The van der Waals surface area contributed by atoms with E-state index in [1.54, 1.807) is 24.3 Å².